The number of esters is 1. The number of hydrogen-bond acceptors (Lipinski definition) is 4. The Labute approximate surface area is 80.1 Å². The highest BCUT2D eigenvalue weighted by Crippen LogP contribution is 2.13. The van der Waals surface area contributed by atoms with Crippen LogP contribution in [0.3, 0.4) is 0 Å². The third-order valence-corrected chi connectivity index (χ3v) is 2.01. The van der Waals surface area contributed by atoms with Gasteiger partial charge in [0.05, 0.1) is 7.11 Å². The normalized spacial score (nSPS) is 10.4. The van der Waals surface area contributed by atoms with E-state index in [4.69, 9.17) is 0 Å². The van der Waals surface area contributed by atoms with Crippen molar-refractivity contribution >= 4 is 17.0 Å². The third-order valence-electron chi connectivity index (χ3n) is 2.01. The fourth-order valence-electron chi connectivity index (χ4n) is 1.22. The predicted molar refractivity (Wildman–Crippen MR) is 50.0 cm³/mol. The minimum Gasteiger partial charge on any atom is -0.463 e. The Morgan fingerprint density at radius 3 is 3.07 bits per heavy atom. The summed E-state index contributed by atoms with van der Waals surface area (Å²) in [6.07, 6.45) is 3.43. The quantitative estimate of drug-likeness (QED) is 0.684. The van der Waals surface area contributed by atoms with Crippen molar-refractivity contribution < 1.29 is 9.53 Å². The average Bonchev–Trinajstić information content (AvgIpc) is 2.59. The Morgan fingerprint density at radius 2 is 2.36 bits per heavy atom. The van der Waals surface area contributed by atoms with E-state index >= 15 is 0 Å². The maximum absolute atomic E-state index is 11.1. The zero-order valence-electron chi connectivity index (χ0n) is 7.87. The SMILES string of the molecule is COC(=O)c1ncc2c(C)c[nH]c2n1. The number of fused-ring (bicyclic) bond motifs is 1. The first kappa shape index (κ1) is 8.68. The molecule has 0 aromatic carbocycles. The molecule has 0 saturated heterocycles. The van der Waals surface area contributed by atoms with Gasteiger partial charge in [-0.15, -0.1) is 0 Å². The number of aryl methyl sites for hydroxylation is 1. The molecule has 0 atom stereocenters. The lowest BCUT2D eigenvalue weighted by atomic mass is 10.3. The Hall–Kier alpha value is -1.91. The standard InChI is InChI=1S/C9H9N3O2/c1-5-3-10-7-6(5)4-11-8(12-7)9(13)14-2/h3-4H,1-2H3,(H,10,11,12). The second-order valence-electron chi connectivity index (χ2n) is 2.92. The van der Waals surface area contributed by atoms with Crippen molar-refractivity contribution in [3.8, 4) is 0 Å². The molecule has 2 rings (SSSR count). The number of H-pyrrole nitrogens is 1. The summed E-state index contributed by atoms with van der Waals surface area (Å²) in [6.45, 7) is 1.94. The molecule has 5 nitrogen and oxygen atoms in total. The Kier molecular flexibility index (Phi) is 1.92. The molecular weight excluding hydrogens is 182 g/mol. The van der Waals surface area contributed by atoms with Gasteiger partial charge < -0.3 is 9.72 Å². The number of aromatic amines is 1. The molecule has 0 fully saturated rings. The molecule has 0 spiro atoms. The van der Waals surface area contributed by atoms with E-state index in [1.54, 1.807) is 6.20 Å². The molecule has 0 unspecified atom stereocenters. The highest BCUT2D eigenvalue weighted by molar-refractivity contribution is 5.88. The molecule has 0 aliphatic heterocycles. The fourth-order valence-corrected chi connectivity index (χ4v) is 1.22. The van der Waals surface area contributed by atoms with Crippen molar-refractivity contribution in [1.82, 2.24) is 15.0 Å². The van der Waals surface area contributed by atoms with Crippen LogP contribution in [0.25, 0.3) is 11.0 Å². The maximum Gasteiger partial charge on any atom is 0.376 e. The molecule has 2 aromatic rings. The van der Waals surface area contributed by atoms with Gasteiger partial charge in [0, 0.05) is 17.8 Å². The van der Waals surface area contributed by atoms with Gasteiger partial charge in [-0.05, 0) is 12.5 Å². The van der Waals surface area contributed by atoms with E-state index < -0.39 is 5.97 Å². The first-order chi connectivity index (χ1) is 6.72. The second-order valence-corrected chi connectivity index (χ2v) is 2.92. The topological polar surface area (TPSA) is 67.9 Å². The predicted octanol–water partition coefficient (Wildman–Crippen LogP) is 1.05. The highest BCUT2D eigenvalue weighted by Gasteiger charge is 2.10. The maximum atomic E-state index is 11.1. The van der Waals surface area contributed by atoms with Gasteiger partial charge in [-0.25, -0.2) is 14.8 Å². The van der Waals surface area contributed by atoms with Gasteiger partial charge in [0.25, 0.3) is 0 Å². The zero-order chi connectivity index (χ0) is 10.1. The minimum atomic E-state index is -0.529. The fraction of sp³-hybridized carbons (Fsp3) is 0.222. The van der Waals surface area contributed by atoms with Crippen LogP contribution in [0, 0.1) is 6.92 Å². The van der Waals surface area contributed by atoms with E-state index in [0.29, 0.717) is 5.65 Å². The van der Waals surface area contributed by atoms with Crippen LogP contribution in [-0.2, 0) is 4.74 Å². The molecule has 1 N–H and O–H groups in total. The van der Waals surface area contributed by atoms with Crippen LogP contribution in [0.4, 0.5) is 0 Å². The lowest BCUT2D eigenvalue weighted by molar-refractivity contribution is 0.0587. The summed E-state index contributed by atoms with van der Waals surface area (Å²) in [5.74, 6) is -0.457. The van der Waals surface area contributed by atoms with Crippen LogP contribution in [-0.4, -0.2) is 28.0 Å². The third kappa shape index (κ3) is 1.22. The summed E-state index contributed by atoms with van der Waals surface area (Å²) in [5.41, 5.74) is 1.70. The monoisotopic (exact) mass is 191 g/mol. The van der Waals surface area contributed by atoms with Gasteiger partial charge in [-0.1, -0.05) is 0 Å². The number of nitrogens with one attached hydrogen (secondary N) is 1. The first-order valence-corrected chi connectivity index (χ1v) is 4.11. The van der Waals surface area contributed by atoms with E-state index in [1.807, 2.05) is 13.1 Å². The van der Waals surface area contributed by atoms with Crippen LogP contribution in [0.5, 0.6) is 0 Å². The van der Waals surface area contributed by atoms with Gasteiger partial charge in [0.1, 0.15) is 5.65 Å². The van der Waals surface area contributed by atoms with Gasteiger partial charge in [0.15, 0.2) is 0 Å². The molecule has 5 heteroatoms. The molecule has 72 valence electrons. The molecule has 2 aromatic heterocycles. The van der Waals surface area contributed by atoms with Crippen LogP contribution >= 0.6 is 0 Å². The van der Waals surface area contributed by atoms with Crippen molar-refractivity contribution in [3.63, 3.8) is 0 Å². The highest BCUT2D eigenvalue weighted by atomic mass is 16.5. The molecule has 2 heterocycles. The zero-order valence-corrected chi connectivity index (χ0v) is 7.87. The van der Waals surface area contributed by atoms with E-state index in [-0.39, 0.29) is 5.82 Å². The van der Waals surface area contributed by atoms with Crippen LogP contribution in [0.2, 0.25) is 0 Å². The molecule has 14 heavy (non-hydrogen) atoms. The number of carbonyl (C=O) groups excluding carboxylic acids is 1. The molecule has 0 saturated carbocycles. The lowest BCUT2D eigenvalue weighted by Crippen LogP contribution is -2.06. The lowest BCUT2D eigenvalue weighted by Gasteiger charge is -1.96. The van der Waals surface area contributed by atoms with E-state index in [1.165, 1.54) is 7.11 Å². The van der Waals surface area contributed by atoms with Crippen LogP contribution in [0.1, 0.15) is 16.2 Å². The summed E-state index contributed by atoms with van der Waals surface area (Å²) in [4.78, 5) is 22.0. The number of rotatable bonds is 1. The average molecular weight is 191 g/mol. The molecule has 0 aliphatic carbocycles. The van der Waals surface area contributed by atoms with E-state index in [9.17, 15) is 4.79 Å². The van der Waals surface area contributed by atoms with Crippen molar-refractivity contribution in [2.24, 2.45) is 0 Å². The Bertz CT molecular complexity index is 490. The molecule has 0 bridgehead atoms. The Morgan fingerprint density at radius 1 is 1.57 bits per heavy atom. The summed E-state index contributed by atoms with van der Waals surface area (Å²) in [7, 11) is 1.30. The van der Waals surface area contributed by atoms with Crippen molar-refractivity contribution in [3.05, 3.63) is 23.8 Å². The number of ether oxygens (including phenoxy) is 1. The minimum absolute atomic E-state index is 0.0712. The smallest absolute Gasteiger partial charge is 0.376 e. The number of methoxy groups -OCH3 is 1. The van der Waals surface area contributed by atoms with Crippen molar-refractivity contribution in [1.29, 1.82) is 0 Å². The summed E-state index contributed by atoms with van der Waals surface area (Å²) in [5, 5.41) is 0.914. The summed E-state index contributed by atoms with van der Waals surface area (Å²) < 4.78 is 4.51. The summed E-state index contributed by atoms with van der Waals surface area (Å²) in [6, 6.07) is 0. The molecule has 0 radical (unpaired) electrons. The largest absolute Gasteiger partial charge is 0.463 e. The number of hydrogen-bond donors (Lipinski definition) is 1. The Balaban J connectivity index is 2.57. The van der Waals surface area contributed by atoms with Gasteiger partial charge in [-0.2, -0.15) is 0 Å². The van der Waals surface area contributed by atoms with Crippen molar-refractivity contribution in [2.45, 2.75) is 6.92 Å². The molecule has 0 amide bonds. The summed E-state index contributed by atoms with van der Waals surface area (Å²) >= 11 is 0. The van der Waals surface area contributed by atoms with Crippen LogP contribution < -0.4 is 0 Å². The number of aromatic nitrogens is 3. The van der Waals surface area contributed by atoms with Crippen LogP contribution in [0.15, 0.2) is 12.4 Å². The van der Waals surface area contributed by atoms with Gasteiger partial charge >= 0.3 is 5.97 Å². The molecule has 0 aliphatic rings. The first-order valence-electron chi connectivity index (χ1n) is 4.11. The van der Waals surface area contributed by atoms with Gasteiger partial charge in [0.2, 0.25) is 5.82 Å². The van der Waals surface area contributed by atoms with E-state index in [2.05, 4.69) is 19.7 Å². The number of nitrogens with zero attached hydrogens (tertiary/aromatic N) is 2. The van der Waals surface area contributed by atoms with Gasteiger partial charge in [-0.3, -0.25) is 0 Å². The number of carbonyl (C=O) groups is 1. The second kappa shape index (κ2) is 3.10. The van der Waals surface area contributed by atoms with E-state index in [0.717, 1.165) is 10.9 Å². The van der Waals surface area contributed by atoms with Crippen molar-refractivity contribution in [2.75, 3.05) is 7.11 Å². The molecular formula is C9H9N3O2.